The molecule has 6 heteroatoms. The predicted octanol–water partition coefficient (Wildman–Crippen LogP) is 8.71. The van der Waals surface area contributed by atoms with Crippen LogP contribution in [0.1, 0.15) is 99.6 Å². The highest BCUT2D eigenvalue weighted by atomic mass is 16.5. The van der Waals surface area contributed by atoms with Gasteiger partial charge in [0.1, 0.15) is 5.75 Å². The molecule has 0 aliphatic rings. The highest BCUT2D eigenvalue weighted by molar-refractivity contribution is 5.74. The number of methoxy groups -OCH3 is 2. The van der Waals surface area contributed by atoms with Crippen molar-refractivity contribution in [2.75, 3.05) is 20.8 Å². The fraction of sp³-hybridized carbons (Fsp3) is 0.559. The Hall–Kier alpha value is -3.33. The lowest BCUT2D eigenvalue weighted by Crippen LogP contribution is -2.10. The second kappa shape index (κ2) is 20.6. The Morgan fingerprint density at radius 1 is 0.775 bits per heavy atom. The van der Waals surface area contributed by atoms with Gasteiger partial charge in [-0.05, 0) is 43.9 Å². The molecule has 0 saturated carbocycles. The molecule has 0 radical (unpaired) electrons. The number of carbonyl (C=O) groups excluding carboxylic acids is 1. The number of carbonyl (C=O) groups is 1. The Morgan fingerprint density at radius 3 is 1.88 bits per heavy atom. The van der Waals surface area contributed by atoms with E-state index in [1.807, 2.05) is 45.9 Å². The van der Waals surface area contributed by atoms with Gasteiger partial charge in [0, 0.05) is 24.1 Å². The molecule has 0 heterocycles. The van der Waals surface area contributed by atoms with Crippen LogP contribution in [0.3, 0.4) is 0 Å². The minimum absolute atomic E-state index is 0.0703. The van der Waals surface area contributed by atoms with Crippen molar-refractivity contribution in [3.63, 3.8) is 0 Å². The number of ether oxygens (including phenoxy) is 5. The van der Waals surface area contributed by atoms with Crippen LogP contribution in [0.2, 0.25) is 0 Å². The first-order chi connectivity index (χ1) is 19.1. The molecule has 2 rings (SSSR count). The quantitative estimate of drug-likeness (QED) is 0.157. The zero-order valence-corrected chi connectivity index (χ0v) is 26.9. The molecule has 0 atom stereocenters. The van der Waals surface area contributed by atoms with Crippen LogP contribution in [0.15, 0.2) is 30.3 Å². The van der Waals surface area contributed by atoms with Crippen molar-refractivity contribution >= 4 is 5.97 Å². The highest BCUT2D eigenvalue weighted by Crippen LogP contribution is 2.36. The first-order valence-corrected chi connectivity index (χ1v) is 14.5. The minimum atomic E-state index is -0.359. The molecule has 40 heavy (non-hydrogen) atoms. The summed E-state index contributed by atoms with van der Waals surface area (Å²) in [4.78, 5) is 12.0. The molecule has 0 aliphatic carbocycles. The van der Waals surface area contributed by atoms with Crippen molar-refractivity contribution < 1.29 is 28.5 Å². The molecule has 0 unspecified atom stereocenters. The number of esters is 1. The zero-order valence-electron chi connectivity index (χ0n) is 26.9. The van der Waals surface area contributed by atoms with Gasteiger partial charge in [-0.25, -0.2) is 0 Å². The predicted molar refractivity (Wildman–Crippen MR) is 165 cm³/mol. The van der Waals surface area contributed by atoms with Gasteiger partial charge in [0.25, 0.3) is 0 Å². The molecular weight excluding hydrogens is 504 g/mol. The maximum absolute atomic E-state index is 12.0. The summed E-state index contributed by atoms with van der Waals surface area (Å²) in [5, 5.41) is 0. The van der Waals surface area contributed by atoms with Crippen molar-refractivity contribution in [3.8, 4) is 40.6 Å². The monoisotopic (exact) mass is 556 g/mol. The maximum Gasteiger partial charge on any atom is 0.310 e. The lowest BCUT2D eigenvalue weighted by molar-refractivity contribution is -0.134. The molecule has 0 spiro atoms. The Morgan fingerprint density at radius 2 is 1.40 bits per heavy atom. The van der Waals surface area contributed by atoms with E-state index in [-0.39, 0.29) is 18.5 Å². The zero-order chi connectivity index (χ0) is 30.7. The molecule has 0 fully saturated rings. The molecule has 0 bridgehead atoms. The lowest BCUT2D eigenvalue weighted by atomic mass is 10.1. The van der Waals surface area contributed by atoms with Crippen LogP contribution in [-0.2, 0) is 4.79 Å². The summed E-state index contributed by atoms with van der Waals surface area (Å²) in [7, 11) is 3.16. The fourth-order valence-electron chi connectivity index (χ4n) is 2.98. The number of hydrogen-bond acceptors (Lipinski definition) is 6. The van der Waals surface area contributed by atoms with E-state index in [0.29, 0.717) is 46.8 Å². The summed E-state index contributed by atoms with van der Waals surface area (Å²) >= 11 is 0. The SMILES string of the molecule is CC.CCC(=O)Oc1cc(OC(C)C)c(OC)cc1C#Cc1ccc(OC)c(OCC(C)C)c1.CCC(C)CC. The molecule has 2 aromatic rings. The van der Waals surface area contributed by atoms with Gasteiger partial charge < -0.3 is 23.7 Å². The highest BCUT2D eigenvalue weighted by Gasteiger charge is 2.15. The molecule has 6 nitrogen and oxygen atoms in total. The molecule has 0 aliphatic heterocycles. The lowest BCUT2D eigenvalue weighted by Gasteiger charge is -2.16. The van der Waals surface area contributed by atoms with Crippen molar-refractivity contribution in [1.82, 2.24) is 0 Å². The Balaban J connectivity index is 0.00000168. The second-order valence-electron chi connectivity index (χ2n) is 9.74. The van der Waals surface area contributed by atoms with Gasteiger partial charge in [-0.3, -0.25) is 4.79 Å². The van der Waals surface area contributed by atoms with E-state index >= 15 is 0 Å². The van der Waals surface area contributed by atoms with E-state index in [2.05, 4.69) is 46.5 Å². The Labute approximate surface area is 243 Å². The van der Waals surface area contributed by atoms with Crippen LogP contribution in [0, 0.1) is 23.7 Å². The first-order valence-electron chi connectivity index (χ1n) is 14.5. The maximum atomic E-state index is 12.0. The van der Waals surface area contributed by atoms with Crippen LogP contribution >= 0.6 is 0 Å². The summed E-state index contributed by atoms with van der Waals surface area (Å²) in [6.07, 6.45) is 2.83. The average molecular weight is 557 g/mol. The van der Waals surface area contributed by atoms with E-state index in [0.717, 1.165) is 11.5 Å². The third-order valence-electron chi connectivity index (χ3n) is 5.61. The number of hydrogen-bond donors (Lipinski definition) is 0. The average Bonchev–Trinajstić information content (AvgIpc) is 2.96. The van der Waals surface area contributed by atoms with Gasteiger partial charge in [-0.1, -0.05) is 80.1 Å². The Bertz CT molecular complexity index is 1060. The minimum Gasteiger partial charge on any atom is -0.493 e. The van der Waals surface area contributed by atoms with Gasteiger partial charge in [0.05, 0.1) is 32.5 Å². The van der Waals surface area contributed by atoms with Crippen molar-refractivity contribution in [1.29, 1.82) is 0 Å². The van der Waals surface area contributed by atoms with E-state index in [9.17, 15) is 4.79 Å². The van der Waals surface area contributed by atoms with Gasteiger partial charge in [0.2, 0.25) is 0 Å². The standard InChI is InChI=1S/C26H32O6.C6H14.C2H6/c1-8-26(27)32-22-15-25(31-18(4)5)23(29-7)14-20(22)11-9-19-10-12-21(28-6)24(13-19)30-16-17(2)3;1-4-6(3)5-2;1-2/h10,12-15,17-18H,8,16H2,1-7H3;6H,4-5H2,1-3H3;1-2H3. The molecule has 2 aromatic carbocycles. The molecule has 0 saturated heterocycles. The van der Waals surface area contributed by atoms with Gasteiger partial charge >= 0.3 is 5.97 Å². The van der Waals surface area contributed by atoms with Gasteiger partial charge in [-0.15, -0.1) is 0 Å². The topological polar surface area (TPSA) is 63.2 Å². The van der Waals surface area contributed by atoms with E-state index in [1.165, 1.54) is 12.8 Å². The summed E-state index contributed by atoms with van der Waals surface area (Å²) in [6, 6.07) is 8.85. The van der Waals surface area contributed by atoms with Crippen molar-refractivity contribution in [2.24, 2.45) is 11.8 Å². The summed E-state index contributed by atoms with van der Waals surface area (Å²) in [5.74, 6) is 9.74. The van der Waals surface area contributed by atoms with E-state index in [1.54, 1.807) is 33.3 Å². The number of benzene rings is 2. The molecular formula is C34H52O6. The third-order valence-corrected chi connectivity index (χ3v) is 5.61. The summed E-state index contributed by atoms with van der Waals surface area (Å²) < 4.78 is 28.0. The van der Waals surface area contributed by atoms with Gasteiger partial charge in [0.15, 0.2) is 23.0 Å². The van der Waals surface area contributed by atoms with Gasteiger partial charge in [-0.2, -0.15) is 0 Å². The smallest absolute Gasteiger partial charge is 0.310 e. The van der Waals surface area contributed by atoms with E-state index < -0.39 is 0 Å². The van der Waals surface area contributed by atoms with Crippen LogP contribution in [0.5, 0.6) is 28.7 Å². The molecule has 0 aromatic heterocycles. The van der Waals surface area contributed by atoms with E-state index in [4.69, 9.17) is 23.7 Å². The summed E-state index contributed by atoms with van der Waals surface area (Å²) in [6.45, 7) is 21.0. The largest absolute Gasteiger partial charge is 0.493 e. The first kappa shape index (κ1) is 36.7. The third kappa shape index (κ3) is 13.6. The second-order valence-corrected chi connectivity index (χ2v) is 9.74. The normalized spacial score (nSPS) is 9.97. The molecule has 0 N–H and O–H groups in total. The number of rotatable bonds is 11. The van der Waals surface area contributed by atoms with Crippen molar-refractivity contribution in [3.05, 3.63) is 41.5 Å². The fourth-order valence-corrected chi connectivity index (χ4v) is 2.98. The van der Waals surface area contributed by atoms with Crippen LogP contribution in [0.4, 0.5) is 0 Å². The molecule has 0 amide bonds. The van der Waals surface area contributed by atoms with Crippen LogP contribution in [-0.4, -0.2) is 32.9 Å². The summed E-state index contributed by atoms with van der Waals surface area (Å²) in [5.41, 5.74) is 1.25. The van der Waals surface area contributed by atoms with Crippen LogP contribution < -0.4 is 23.7 Å². The van der Waals surface area contributed by atoms with Crippen LogP contribution in [0.25, 0.3) is 0 Å². The van der Waals surface area contributed by atoms with Crippen molar-refractivity contribution in [2.45, 2.75) is 94.6 Å². The Kier molecular flexibility index (Phi) is 18.8. The molecule has 224 valence electrons.